The minimum absolute atomic E-state index is 0.0467. The monoisotopic (exact) mass is 390 g/mol. The Morgan fingerprint density at radius 1 is 1.18 bits per heavy atom. The standard InChI is InChI=1S/C20H30N4O4/c1-14(2)23-10-11-24(20(26)27)17(13-23)15-6-8-22(9-7-15)18-5-4-16(12-21-18)19(25)28-3/h4-5,12,14-15,17H,6-11,13H2,1-3H3,(H,26,27). The van der Waals surface area contributed by atoms with Crippen molar-refractivity contribution in [3.63, 3.8) is 0 Å². The molecule has 2 saturated heterocycles. The number of nitrogens with zero attached hydrogens (tertiary/aromatic N) is 4. The molecule has 1 N–H and O–H groups in total. The number of anilines is 1. The molecular formula is C20H30N4O4. The van der Waals surface area contributed by atoms with Crippen LogP contribution in [0.3, 0.4) is 0 Å². The molecule has 8 nitrogen and oxygen atoms in total. The maximum absolute atomic E-state index is 11.7. The van der Waals surface area contributed by atoms with Crippen LogP contribution in [-0.4, -0.2) is 83.9 Å². The van der Waals surface area contributed by atoms with E-state index in [0.29, 0.717) is 24.1 Å². The lowest BCUT2D eigenvalue weighted by Gasteiger charge is -2.47. The van der Waals surface area contributed by atoms with E-state index in [-0.39, 0.29) is 6.04 Å². The summed E-state index contributed by atoms with van der Waals surface area (Å²) in [7, 11) is 1.35. The van der Waals surface area contributed by atoms with E-state index < -0.39 is 12.1 Å². The number of carbonyl (C=O) groups excluding carboxylic acids is 1. The molecule has 8 heteroatoms. The van der Waals surface area contributed by atoms with Gasteiger partial charge in [0, 0.05) is 45.0 Å². The van der Waals surface area contributed by atoms with Crippen LogP contribution in [-0.2, 0) is 4.74 Å². The van der Waals surface area contributed by atoms with Gasteiger partial charge in [-0.3, -0.25) is 4.90 Å². The molecule has 2 aliphatic heterocycles. The van der Waals surface area contributed by atoms with Gasteiger partial charge in [-0.25, -0.2) is 14.6 Å². The number of pyridine rings is 1. The van der Waals surface area contributed by atoms with Gasteiger partial charge in [0.15, 0.2) is 0 Å². The summed E-state index contributed by atoms with van der Waals surface area (Å²) in [6.07, 6.45) is 2.60. The van der Waals surface area contributed by atoms with E-state index in [1.165, 1.54) is 7.11 Å². The average Bonchev–Trinajstić information content (AvgIpc) is 2.72. The number of rotatable bonds is 4. The first-order chi connectivity index (χ1) is 13.4. The second-order valence-corrected chi connectivity index (χ2v) is 7.85. The van der Waals surface area contributed by atoms with Gasteiger partial charge in [0.2, 0.25) is 0 Å². The first-order valence-electron chi connectivity index (χ1n) is 9.93. The van der Waals surface area contributed by atoms with Gasteiger partial charge in [-0.05, 0) is 44.7 Å². The normalized spacial score (nSPS) is 21.8. The molecule has 3 rings (SSSR count). The molecule has 2 aliphatic rings. The highest BCUT2D eigenvalue weighted by Crippen LogP contribution is 2.29. The van der Waals surface area contributed by atoms with Crippen molar-refractivity contribution in [1.82, 2.24) is 14.8 Å². The van der Waals surface area contributed by atoms with Crippen molar-refractivity contribution in [1.29, 1.82) is 0 Å². The van der Waals surface area contributed by atoms with Gasteiger partial charge >= 0.3 is 12.1 Å². The lowest BCUT2D eigenvalue weighted by atomic mass is 9.87. The number of carbonyl (C=O) groups is 2. The Balaban J connectivity index is 1.63. The van der Waals surface area contributed by atoms with Crippen LogP contribution in [0.25, 0.3) is 0 Å². The third-order valence-corrected chi connectivity index (χ3v) is 6.00. The molecule has 1 aromatic rings. The molecule has 2 fully saturated rings. The third-order valence-electron chi connectivity index (χ3n) is 6.00. The Labute approximate surface area is 166 Å². The summed E-state index contributed by atoms with van der Waals surface area (Å²) < 4.78 is 4.71. The predicted octanol–water partition coefficient (Wildman–Crippen LogP) is 2.16. The molecule has 1 atom stereocenters. The number of hydrogen-bond donors (Lipinski definition) is 1. The number of amides is 1. The fourth-order valence-electron chi connectivity index (χ4n) is 4.27. The van der Waals surface area contributed by atoms with E-state index >= 15 is 0 Å². The summed E-state index contributed by atoms with van der Waals surface area (Å²) in [6, 6.07) is 4.05. The van der Waals surface area contributed by atoms with Gasteiger partial charge in [0.25, 0.3) is 0 Å². The van der Waals surface area contributed by atoms with Gasteiger partial charge in [-0.15, -0.1) is 0 Å². The zero-order valence-electron chi connectivity index (χ0n) is 16.9. The number of carboxylic acid groups (broad SMARTS) is 1. The molecule has 0 aromatic carbocycles. The van der Waals surface area contributed by atoms with Crippen LogP contribution in [0, 0.1) is 5.92 Å². The maximum Gasteiger partial charge on any atom is 0.407 e. The minimum Gasteiger partial charge on any atom is -0.465 e. The lowest BCUT2D eigenvalue weighted by Crippen LogP contribution is -2.60. The van der Waals surface area contributed by atoms with E-state index in [1.807, 2.05) is 6.07 Å². The van der Waals surface area contributed by atoms with Crippen molar-refractivity contribution in [3.05, 3.63) is 23.9 Å². The summed E-state index contributed by atoms with van der Waals surface area (Å²) in [4.78, 5) is 33.9. The number of ether oxygens (including phenoxy) is 1. The van der Waals surface area contributed by atoms with Crippen LogP contribution in [0.15, 0.2) is 18.3 Å². The third kappa shape index (κ3) is 4.38. The highest BCUT2D eigenvalue weighted by molar-refractivity contribution is 5.89. The number of methoxy groups -OCH3 is 1. The predicted molar refractivity (Wildman–Crippen MR) is 106 cm³/mol. The molecule has 0 bridgehead atoms. The van der Waals surface area contributed by atoms with Gasteiger partial charge in [-0.1, -0.05) is 0 Å². The molecule has 1 aromatic heterocycles. The number of hydrogen-bond acceptors (Lipinski definition) is 6. The van der Waals surface area contributed by atoms with Gasteiger partial charge in [-0.2, -0.15) is 0 Å². The number of piperazine rings is 1. The maximum atomic E-state index is 11.7. The topological polar surface area (TPSA) is 86.2 Å². The van der Waals surface area contributed by atoms with Crippen LogP contribution in [0.1, 0.15) is 37.0 Å². The fourth-order valence-corrected chi connectivity index (χ4v) is 4.27. The Kier molecular flexibility index (Phi) is 6.39. The van der Waals surface area contributed by atoms with Crippen LogP contribution in [0.5, 0.6) is 0 Å². The molecule has 0 saturated carbocycles. The molecular weight excluding hydrogens is 360 g/mol. The number of esters is 1. The van der Waals surface area contributed by atoms with Crippen LogP contribution < -0.4 is 4.90 Å². The van der Waals surface area contributed by atoms with Crippen molar-refractivity contribution in [2.45, 2.75) is 38.8 Å². The summed E-state index contributed by atoms with van der Waals surface area (Å²) in [5.74, 6) is 0.801. The van der Waals surface area contributed by atoms with Crippen molar-refractivity contribution >= 4 is 17.9 Å². The Morgan fingerprint density at radius 2 is 1.89 bits per heavy atom. The van der Waals surface area contributed by atoms with Gasteiger partial charge in [0.05, 0.1) is 18.7 Å². The number of aromatic nitrogens is 1. The summed E-state index contributed by atoms with van der Waals surface area (Å²) in [5.41, 5.74) is 0.439. The molecule has 1 amide bonds. The second-order valence-electron chi connectivity index (χ2n) is 7.85. The highest BCUT2D eigenvalue weighted by atomic mass is 16.5. The molecule has 0 radical (unpaired) electrons. The second kappa shape index (κ2) is 8.77. The van der Waals surface area contributed by atoms with Crippen molar-refractivity contribution in [2.75, 3.05) is 44.7 Å². The fraction of sp³-hybridized carbons (Fsp3) is 0.650. The largest absolute Gasteiger partial charge is 0.465 e. The van der Waals surface area contributed by atoms with Crippen LogP contribution >= 0.6 is 0 Å². The van der Waals surface area contributed by atoms with E-state index in [2.05, 4.69) is 28.6 Å². The zero-order chi connectivity index (χ0) is 20.3. The molecule has 0 spiro atoms. The first kappa shape index (κ1) is 20.4. The zero-order valence-corrected chi connectivity index (χ0v) is 16.9. The molecule has 3 heterocycles. The summed E-state index contributed by atoms with van der Waals surface area (Å²) >= 11 is 0. The lowest BCUT2D eigenvalue weighted by molar-refractivity contribution is 0.0257. The molecule has 28 heavy (non-hydrogen) atoms. The first-order valence-corrected chi connectivity index (χ1v) is 9.93. The molecule has 0 aliphatic carbocycles. The van der Waals surface area contributed by atoms with Crippen molar-refractivity contribution < 1.29 is 19.4 Å². The molecule has 154 valence electrons. The minimum atomic E-state index is -0.809. The SMILES string of the molecule is COC(=O)c1ccc(N2CCC(C3CN(C(C)C)CCN3C(=O)O)CC2)nc1. The van der Waals surface area contributed by atoms with Gasteiger partial charge < -0.3 is 19.6 Å². The van der Waals surface area contributed by atoms with Crippen molar-refractivity contribution in [3.8, 4) is 0 Å². The van der Waals surface area contributed by atoms with Crippen LogP contribution in [0.2, 0.25) is 0 Å². The Bertz CT molecular complexity index is 686. The smallest absolute Gasteiger partial charge is 0.407 e. The molecule has 1 unspecified atom stereocenters. The quantitative estimate of drug-likeness (QED) is 0.789. The van der Waals surface area contributed by atoms with Gasteiger partial charge in [0.1, 0.15) is 5.82 Å². The Hall–Kier alpha value is -2.35. The number of piperidine rings is 1. The van der Waals surface area contributed by atoms with E-state index in [4.69, 9.17) is 4.74 Å². The summed E-state index contributed by atoms with van der Waals surface area (Å²) in [6.45, 7) is 8.19. The van der Waals surface area contributed by atoms with Crippen LogP contribution in [0.4, 0.5) is 10.6 Å². The van der Waals surface area contributed by atoms with Crippen molar-refractivity contribution in [2.24, 2.45) is 5.92 Å². The highest BCUT2D eigenvalue weighted by Gasteiger charge is 2.37. The average molecular weight is 390 g/mol. The van der Waals surface area contributed by atoms with E-state index in [9.17, 15) is 14.7 Å². The van der Waals surface area contributed by atoms with E-state index in [0.717, 1.165) is 44.8 Å². The Morgan fingerprint density at radius 3 is 2.43 bits per heavy atom. The summed E-state index contributed by atoms with van der Waals surface area (Å²) in [5, 5.41) is 9.63. The van der Waals surface area contributed by atoms with E-state index in [1.54, 1.807) is 17.2 Å².